The fourth-order valence-corrected chi connectivity index (χ4v) is 3.90. The van der Waals surface area contributed by atoms with Crippen molar-refractivity contribution in [2.24, 2.45) is 5.41 Å². The number of rotatable bonds is 8. The van der Waals surface area contributed by atoms with Crippen LogP contribution in [0.5, 0.6) is 11.5 Å². The van der Waals surface area contributed by atoms with Crippen LogP contribution in [0.4, 0.5) is 0 Å². The average molecular weight is 463 g/mol. The van der Waals surface area contributed by atoms with E-state index in [-0.39, 0.29) is 17.1 Å². The van der Waals surface area contributed by atoms with Gasteiger partial charge < -0.3 is 9.84 Å². The molecule has 4 heteroatoms. The molecule has 0 radical (unpaired) electrons. The zero-order valence-electron chi connectivity index (χ0n) is 19.5. The minimum Gasteiger partial charge on any atom is -0.508 e. The van der Waals surface area contributed by atoms with Crippen molar-refractivity contribution in [3.8, 4) is 11.5 Å². The van der Waals surface area contributed by atoms with Crippen molar-refractivity contribution < 1.29 is 14.6 Å². The molecule has 0 fully saturated rings. The predicted molar refractivity (Wildman–Crippen MR) is 137 cm³/mol. The fraction of sp³-hybridized carbons (Fsp3) is 0.276. The summed E-state index contributed by atoms with van der Waals surface area (Å²) in [5, 5.41) is 10.2. The third kappa shape index (κ3) is 7.23. The molecule has 0 atom stereocenters. The highest BCUT2D eigenvalue weighted by Gasteiger charge is 2.18. The minimum absolute atomic E-state index is 0.130. The quantitative estimate of drug-likeness (QED) is 0.161. The molecule has 0 saturated heterocycles. The van der Waals surface area contributed by atoms with Crippen LogP contribution in [0, 0.1) is 5.41 Å². The average Bonchev–Trinajstić information content (AvgIpc) is 2.77. The van der Waals surface area contributed by atoms with Gasteiger partial charge >= 0.3 is 5.97 Å². The first-order chi connectivity index (χ1) is 15.8. The molecule has 172 valence electrons. The van der Waals surface area contributed by atoms with Crippen molar-refractivity contribution in [2.75, 3.05) is 5.88 Å². The smallest absolute Gasteiger partial charge is 0.311 e. The number of esters is 1. The first kappa shape index (κ1) is 24.6. The Bertz CT molecular complexity index is 1090. The molecular formula is C29H31ClO3. The molecule has 0 aliphatic carbocycles. The normalized spacial score (nSPS) is 12.2. The summed E-state index contributed by atoms with van der Waals surface area (Å²) >= 11 is 6.06. The highest BCUT2D eigenvalue weighted by atomic mass is 35.5. The molecular weight excluding hydrogens is 432 g/mol. The van der Waals surface area contributed by atoms with Gasteiger partial charge in [0.2, 0.25) is 0 Å². The second-order valence-corrected chi connectivity index (χ2v) is 9.68. The zero-order valence-corrected chi connectivity index (χ0v) is 20.2. The van der Waals surface area contributed by atoms with Gasteiger partial charge in [0, 0.05) is 5.88 Å². The summed E-state index contributed by atoms with van der Waals surface area (Å²) in [6.45, 7) is 6.03. The molecule has 3 aromatic rings. The molecule has 0 heterocycles. The van der Waals surface area contributed by atoms with Gasteiger partial charge in [0.1, 0.15) is 11.5 Å². The number of ether oxygens (including phenoxy) is 1. The van der Waals surface area contributed by atoms with E-state index in [0.717, 1.165) is 40.7 Å². The number of hydrogen-bond donors (Lipinski definition) is 1. The molecule has 3 rings (SSSR count). The van der Waals surface area contributed by atoms with Crippen molar-refractivity contribution >= 4 is 28.7 Å². The van der Waals surface area contributed by atoms with Gasteiger partial charge in [-0.25, -0.2) is 0 Å². The Labute approximate surface area is 201 Å². The third-order valence-corrected chi connectivity index (χ3v) is 5.44. The Morgan fingerprint density at radius 3 is 2.15 bits per heavy atom. The van der Waals surface area contributed by atoms with Crippen LogP contribution in [-0.4, -0.2) is 17.0 Å². The lowest BCUT2D eigenvalue weighted by Crippen LogP contribution is -2.17. The first-order valence-corrected chi connectivity index (χ1v) is 11.8. The number of carbonyl (C=O) groups is 1. The molecule has 0 bridgehead atoms. The molecule has 0 amide bonds. The Balaban J connectivity index is 2.06. The Hall–Kier alpha value is -3.04. The van der Waals surface area contributed by atoms with Gasteiger partial charge in [-0.15, -0.1) is 11.6 Å². The van der Waals surface area contributed by atoms with Crippen LogP contribution in [0.3, 0.4) is 0 Å². The number of benzene rings is 3. The number of aromatic hydroxyl groups is 1. The van der Waals surface area contributed by atoms with Gasteiger partial charge in [-0.2, -0.15) is 0 Å². The largest absolute Gasteiger partial charge is 0.508 e. The highest BCUT2D eigenvalue weighted by molar-refractivity contribution is 6.17. The van der Waals surface area contributed by atoms with E-state index in [1.54, 1.807) is 12.1 Å². The fourth-order valence-electron chi connectivity index (χ4n) is 3.76. The maximum atomic E-state index is 12.2. The molecule has 0 spiro atoms. The molecule has 0 aromatic heterocycles. The van der Waals surface area contributed by atoms with Gasteiger partial charge in [-0.1, -0.05) is 75.4 Å². The lowest BCUT2D eigenvalue weighted by atomic mass is 9.87. The van der Waals surface area contributed by atoms with E-state index >= 15 is 0 Å². The van der Waals surface area contributed by atoms with Crippen molar-refractivity contribution in [1.29, 1.82) is 0 Å². The first-order valence-electron chi connectivity index (χ1n) is 11.2. The summed E-state index contributed by atoms with van der Waals surface area (Å²) in [6, 6.07) is 25.1. The van der Waals surface area contributed by atoms with Gasteiger partial charge in [-0.05, 0) is 70.4 Å². The number of phenolic OH excluding ortho intramolecular Hbond substituents is 1. The summed E-state index contributed by atoms with van der Waals surface area (Å²) in [5.74, 6) is 1.05. The predicted octanol–water partition coefficient (Wildman–Crippen LogP) is 7.71. The number of carbonyl (C=O) groups excluding carboxylic acids is 1. The van der Waals surface area contributed by atoms with Crippen LogP contribution in [0.1, 0.15) is 56.7 Å². The number of alkyl halides is 1. The van der Waals surface area contributed by atoms with Gasteiger partial charge in [0.25, 0.3) is 0 Å². The van der Waals surface area contributed by atoms with Gasteiger partial charge in [0.05, 0.1) is 6.42 Å². The number of hydrogen-bond acceptors (Lipinski definition) is 3. The van der Waals surface area contributed by atoms with E-state index in [4.69, 9.17) is 16.3 Å². The topological polar surface area (TPSA) is 46.5 Å². The van der Waals surface area contributed by atoms with Crippen LogP contribution in [0.2, 0.25) is 0 Å². The molecule has 33 heavy (non-hydrogen) atoms. The summed E-state index contributed by atoms with van der Waals surface area (Å²) < 4.78 is 5.55. The molecule has 0 unspecified atom stereocenters. The van der Waals surface area contributed by atoms with Crippen LogP contribution in [-0.2, 0) is 4.79 Å². The lowest BCUT2D eigenvalue weighted by molar-refractivity contribution is -0.136. The summed E-state index contributed by atoms with van der Waals surface area (Å²) in [5.41, 5.74) is 5.05. The molecule has 0 aliphatic heterocycles. The Morgan fingerprint density at radius 2 is 1.55 bits per heavy atom. The maximum absolute atomic E-state index is 12.2. The van der Waals surface area contributed by atoms with Crippen LogP contribution < -0.4 is 4.74 Å². The molecule has 0 aliphatic rings. The Kier molecular flexibility index (Phi) is 8.35. The second kappa shape index (κ2) is 11.2. The molecule has 3 aromatic carbocycles. The van der Waals surface area contributed by atoms with E-state index in [1.165, 1.54) is 0 Å². The van der Waals surface area contributed by atoms with Gasteiger partial charge in [-0.3, -0.25) is 4.79 Å². The highest BCUT2D eigenvalue weighted by Crippen LogP contribution is 2.37. The minimum atomic E-state index is -0.244. The van der Waals surface area contributed by atoms with Crippen LogP contribution in [0.25, 0.3) is 11.1 Å². The van der Waals surface area contributed by atoms with E-state index in [0.29, 0.717) is 18.1 Å². The van der Waals surface area contributed by atoms with E-state index < -0.39 is 0 Å². The third-order valence-electron chi connectivity index (χ3n) is 5.17. The standard InChI is InChI=1S/C29H31ClO3/c1-29(2,3)20-27(32)33-25-16-14-22(15-17-25)28(23-11-7-12-24(31)19-23)26(13-8-18-30)21-9-5-4-6-10-21/h4-7,9-12,14-17,19,31H,8,13,18,20H2,1-3H3/b28-26+. The monoisotopic (exact) mass is 462 g/mol. The second-order valence-electron chi connectivity index (χ2n) is 9.30. The lowest BCUT2D eigenvalue weighted by Gasteiger charge is -2.18. The van der Waals surface area contributed by atoms with E-state index in [9.17, 15) is 9.90 Å². The SMILES string of the molecule is CC(C)(C)CC(=O)Oc1ccc(/C(=C(/CCCCl)c2ccccc2)c2cccc(O)c2)cc1. The summed E-state index contributed by atoms with van der Waals surface area (Å²) in [7, 11) is 0. The van der Waals surface area contributed by atoms with Crippen molar-refractivity contribution in [1.82, 2.24) is 0 Å². The van der Waals surface area contributed by atoms with Crippen LogP contribution >= 0.6 is 11.6 Å². The number of allylic oxidation sites excluding steroid dienone is 1. The number of phenols is 1. The maximum Gasteiger partial charge on any atom is 0.311 e. The van der Waals surface area contributed by atoms with Crippen molar-refractivity contribution in [2.45, 2.75) is 40.0 Å². The van der Waals surface area contributed by atoms with Gasteiger partial charge in [0.15, 0.2) is 0 Å². The van der Waals surface area contributed by atoms with Crippen molar-refractivity contribution in [3.05, 3.63) is 95.6 Å². The zero-order chi connectivity index (χ0) is 23.8. The van der Waals surface area contributed by atoms with Crippen molar-refractivity contribution in [3.63, 3.8) is 0 Å². The Morgan fingerprint density at radius 1 is 0.879 bits per heavy atom. The van der Waals surface area contributed by atoms with E-state index in [2.05, 4.69) is 12.1 Å². The number of halogens is 1. The summed E-state index contributed by atoms with van der Waals surface area (Å²) in [4.78, 5) is 12.2. The molecule has 0 saturated carbocycles. The molecule has 1 N–H and O–H groups in total. The molecule has 3 nitrogen and oxygen atoms in total. The van der Waals surface area contributed by atoms with Crippen LogP contribution in [0.15, 0.2) is 78.9 Å². The summed E-state index contributed by atoms with van der Waals surface area (Å²) in [6.07, 6.45) is 1.97. The van der Waals surface area contributed by atoms with E-state index in [1.807, 2.05) is 75.4 Å².